The summed E-state index contributed by atoms with van der Waals surface area (Å²) in [6.45, 7) is 5.22. The Balaban J connectivity index is 0.000000569. The highest BCUT2D eigenvalue weighted by Gasteiger charge is 2.35. The number of nitrogens with zero attached hydrogens (tertiary/aromatic N) is 2. The largest absolute Gasteiger partial charge is 0.483 e. The molecule has 1 aromatic heterocycles. The highest BCUT2D eigenvalue weighted by molar-refractivity contribution is 6.04. The van der Waals surface area contributed by atoms with Gasteiger partial charge in [-0.1, -0.05) is 13.0 Å². The second-order valence-electron chi connectivity index (χ2n) is 6.63. The average molecular weight is 344 g/mol. The van der Waals surface area contributed by atoms with Crippen LogP contribution < -0.4 is 5.32 Å². The molecule has 1 aromatic carbocycles. The minimum Gasteiger partial charge on any atom is -0.483 e. The van der Waals surface area contributed by atoms with Crippen LogP contribution in [-0.4, -0.2) is 58.3 Å². The molecule has 0 unspecified atom stereocenters. The topological polar surface area (TPSA) is 98.3 Å². The SMILES string of the molecule is CCc1ccc2[nH]nc(C(=O)N[C@@H]3CN4CCC3CC4)c2c1.O=CO. The van der Waals surface area contributed by atoms with Crippen molar-refractivity contribution in [2.45, 2.75) is 32.2 Å². The number of rotatable bonds is 3. The molecule has 3 N–H and O–H groups in total. The van der Waals surface area contributed by atoms with Crippen molar-refractivity contribution < 1.29 is 14.7 Å². The Labute approximate surface area is 146 Å². The lowest BCUT2D eigenvalue weighted by molar-refractivity contribution is -0.122. The Morgan fingerprint density at radius 2 is 2.16 bits per heavy atom. The van der Waals surface area contributed by atoms with Gasteiger partial charge in [-0.15, -0.1) is 0 Å². The Kier molecular flexibility index (Phi) is 5.33. The summed E-state index contributed by atoms with van der Waals surface area (Å²) in [5.41, 5.74) is 2.68. The molecule has 1 amide bonds. The van der Waals surface area contributed by atoms with E-state index in [9.17, 15) is 4.79 Å². The molecule has 2 aromatic rings. The Morgan fingerprint density at radius 3 is 2.76 bits per heavy atom. The second-order valence-corrected chi connectivity index (χ2v) is 6.63. The molecule has 3 aliphatic rings. The third-order valence-corrected chi connectivity index (χ3v) is 5.22. The van der Waals surface area contributed by atoms with Crippen molar-refractivity contribution in [2.24, 2.45) is 5.92 Å². The van der Waals surface area contributed by atoms with E-state index in [2.05, 4.69) is 39.5 Å². The molecule has 3 saturated heterocycles. The second kappa shape index (κ2) is 7.65. The normalized spacial score (nSPS) is 24.4. The fourth-order valence-corrected chi connectivity index (χ4v) is 3.82. The van der Waals surface area contributed by atoms with E-state index in [0.717, 1.165) is 23.9 Å². The van der Waals surface area contributed by atoms with E-state index in [1.165, 1.54) is 31.5 Å². The highest BCUT2D eigenvalue weighted by atomic mass is 16.3. The van der Waals surface area contributed by atoms with Crippen LogP contribution in [0.3, 0.4) is 0 Å². The van der Waals surface area contributed by atoms with Gasteiger partial charge >= 0.3 is 0 Å². The molecule has 0 radical (unpaired) electrons. The maximum Gasteiger partial charge on any atom is 0.290 e. The number of carbonyl (C=O) groups is 2. The summed E-state index contributed by atoms with van der Waals surface area (Å²) in [6.07, 6.45) is 3.36. The van der Waals surface area contributed by atoms with Crippen LogP contribution in [0.2, 0.25) is 0 Å². The van der Waals surface area contributed by atoms with E-state index in [1.54, 1.807) is 0 Å². The van der Waals surface area contributed by atoms with Crippen LogP contribution in [0.15, 0.2) is 18.2 Å². The monoisotopic (exact) mass is 344 g/mol. The number of carboxylic acid groups (broad SMARTS) is 1. The van der Waals surface area contributed by atoms with E-state index < -0.39 is 0 Å². The van der Waals surface area contributed by atoms with Gasteiger partial charge in [0, 0.05) is 18.0 Å². The van der Waals surface area contributed by atoms with Gasteiger partial charge in [0.05, 0.1) is 5.52 Å². The average Bonchev–Trinajstić information content (AvgIpc) is 3.06. The quantitative estimate of drug-likeness (QED) is 0.736. The van der Waals surface area contributed by atoms with Crippen LogP contribution in [-0.2, 0) is 11.2 Å². The van der Waals surface area contributed by atoms with Gasteiger partial charge in [-0.05, 0) is 56.0 Å². The molecule has 25 heavy (non-hydrogen) atoms. The lowest BCUT2D eigenvalue weighted by Crippen LogP contribution is -2.57. The van der Waals surface area contributed by atoms with Crippen molar-refractivity contribution in [3.8, 4) is 0 Å². The molecule has 5 rings (SSSR count). The first-order valence-corrected chi connectivity index (χ1v) is 8.74. The minimum absolute atomic E-state index is 0.0433. The molecule has 4 heterocycles. The molecule has 3 aliphatic heterocycles. The van der Waals surface area contributed by atoms with Crippen molar-refractivity contribution >= 4 is 23.3 Å². The summed E-state index contributed by atoms with van der Waals surface area (Å²) in [6, 6.07) is 6.43. The zero-order chi connectivity index (χ0) is 17.8. The lowest BCUT2D eigenvalue weighted by Gasteiger charge is -2.44. The summed E-state index contributed by atoms with van der Waals surface area (Å²) in [4.78, 5) is 23.5. The maximum atomic E-state index is 12.7. The molecule has 0 saturated carbocycles. The molecule has 2 bridgehead atoms. The highest BCUT2D eigenvalue weighted by Crippen LogP contribution is 2.28. The number of aromatic nitrogens is 2. The third-order valence-electron chi connectivity index (χ3n) is 5.22. The smallest absolute Gasteiger partial charge is 0.290 e. The van der Waals surface area contributed by atoms with Gasteiger partial charge in [0.15, 0.2) is 5.69 Å². The Morgan fingerprint density at radius 1 is 1.44 bits per heavy atom. The first kappa shape index (κ1) is 17.4. The van der Waals surface area contributed by atoms with Crippen LogP contribution >= 0.6 is 0 Å². The molecule has 3 fully saturated rings. The number of benzene rings is 1. The first-order chi connectivity index (χ1) is 12.2. The molecule has 7 heteroatoms. The zero-order valence-electron chi connectivity index (χ0n) is 14.4. The summed E-state index contributed by atoms with van der Waals surface area (Å²) in [5, 5.41) is 18.3. The fraction of sp³-hybridized carbons (Fsp3) is 0.500. The van der Waals surface area contributed by atoms with Crippen molar-refractivity contribution in [1.82, 2.24) is 20.4 Å². The molecular formula is C18H24N4O3. The number of H-pyrrole nitrogens is 1. The predicted molar refractivity (Wildman–Crippen MR) is 94.6 cm³/mol. The molecular weight excluding hydrogens is 320 g/mol. The maximum absolute atomic E-state index is 12.7. The number of aromatic amines is 1. The summed E-state index contributed by atoms with van der Waals surface area (Å²) >= 11 is 0. The zero-order valence-corrected chi connectivity index (χ0v) is 14.4. The number of nitrogens with one attached hydrogen (secondary N) is 2. The molecule has 7 nitrogen and oxygen atoms in total. The molecule has 0 aliphatic carbocycles. The van der Waals surface area contributed by atoms with Crippen LogP contribution in [0, 0.1) is 5.92 Å². The van der Waals surface area contributed by atoms with E-state index >= 15 is 0 Å². The van der Waals surface area contributed by atoms with Crippen molar-refractivity contribution in [1.29, 1.82) is 0 Å². The van der Waals surface area contributed by atoms with Gasteiger partial charge in [0.1, 0.15) is 0 Å². The molecule has 0 spiro atoms. The van der Waals surface area contributed by atoms with Gasteiger partial charge < -0.3 is 15.3 Å². The number of piperidine rings is 3. The number of carbonyl (C=O) groups excluding carboxylic acids is 1. The third kappa shape index (κ3) is 3.66. The lowest BCUT2D eigenvalue weighted by atomic mass is 9.84. The van der Waals surface area contributed by atoms with Crippen molar-refractivity contribution in [2.75, 3.05) is 19.6 Å². The minimum atomic E-state index is -0.250. The van der Waals surface area contributed by atoms with Crippen LogP contribution in [0.1, 0.15) is 35.8 Å². The summed E-state index contributed by atoms with van der Waals surface area (Å²) < 4.78 is 0. The first-order valence-electron chi connectivity index (χ1n) is 8.74. The number of fused-ring (bicyclic) bond motifs is 4. The van der Waals surface area contributed by atoms with Crippen LogP contribution in [0.4, 0.5) is 0 Å². The van der Waals surface area contributed by atoms with Gasteiger partial charge in [0.25, 0.3) is 12.4 Å². The molecule has 1 atom stereocenters. The predicted octanol–water partition coefficient (Wildman–Crippen LogP) is 1.65. The number of hydrogen-bond donors (Lipinski definition) is 3. The number of hydrogen-bond acceptors (Lipinski definition) is 4. The van der Waals surface area contributed by atoms with E-state index in [0.29, 0.717) is 11.6 Å². The summed E-state index contributed by atoms with van der Waals surface area (Å²) in [7, 11) is 0. The van der Waals surface area contributed by atoms with E-state index in [1.807, 2.05) is 6.07 Å². The fourth-order valence-electron chi connectivity index (χ4n) is 3.82. The van der Waals surface area contributed by atoms with Crippen LogP contribution in [0.5, 0.6) is 0 Å². The van der Waals surface area contributed by atoms with Crippen LogP contribution in [0.25, 0.3) is 10.9 Å². The Hall–Kier alpha value is -2.41. The number of aryl methyl sites for hydroxylation is 1. The van der Waals surface area contributed by atoms with E-state index in [-0.39, 0.29) is 18.4 Å². The van der Waals surface area contributed by atoms with Gasteiger partial charge in [-0.3, -0.25) is 14.7 Å². The standard InChI is InChI=1S/C17H22N4O.CH2O2/c1-2-11-3-4-14-13(9-11)16(20-19-14)17(22)18-15-10-21-7-5-12(15)6-8-21;2-1-3/h3-4,9,12,15H,2,5-8,10H2,1H3,(H,18,22)(H,19,20);1H,(H,2,3)/t15-;/m1./s1. The van der Waals surface area contributed by atoms with Gasteiger partial charge in [-0.25, -0.2) is 0 Å². The Bertz CT molecular complexity index is 750. The summed E-state index contributed by atoms with van der Waals surface area (Å²) in [5.74, 6) is 0.587. The molecule has 134 valence electrons. The number of amides is 1. The van der Waals surface area contributed by atoms with Crippen molar-refractivity contribution in [3.05, 3.63) is 29.5 Å². The van der Waals surface area contributed by atoms with E-state index in [4.69, 9.17) is 9.90 Å². The van der Waals surface area contributed by atoms with Gasteiger partial charge in [0.2, 0.25) is 0 Å². The van der Waals surface area contributed by atoms with Crippen molar-refractivity contribution in [3.63, 3.8) is 0 Å². The van der Waals surface area contributed by atoms with Gasteiger partial charge in [-0.2, -0.15) is 5.10 Å².